The number of hydrogen-bond acceptors (Lipinski definition) is 6. The predicted molar refractivity (Wildman–Crippen MR) is 135 cm³/mol. The van der Waals surface area contributed by atoms with Crippen LogP contribution in [0.25, 0.3) is 0 Å². The van der Waals surface area contributed by atoms with Crippen molar-refractivity contribution >= 4 is 46.5 Å². The third-order valence-electron chi connectivity index (χ3n) is 5.47. The molecule has 1 aliphatic rings. The first-order valence-electron chi connectivity index (χ1n) is 10.7. The number of benzene rings is 3. The molecule has 0 saturated carbocycles. The number of phenols is 1. The number of ether oxygens (including phenoxy) is 2. The Hall–Kier alpha value is -3.68. The van der Waals surface area contributed by atoms with Crippen molar-refractivity contribution in [2.75, 3.05) is 23.9 Å². The first-order valence-corrected chi connectivity index (χ1v) is 11.5. The van der Waals surface area contributed by atoms with Crippen molar-refractivity contribution in [3.05, 3.63) is 93.6 Å². The SMILES string of the molecule is CCOC(=O)C1=C(Nc2ccc(Cl)cc2)C(=O)N(c2ccc(Cl)cc2)C1c1ccc(O)c(OC)c1. The van der Waals surface area contributed by atoms with Gasteiger partial charge in [0.2, 0.25) is 0 Å². The molecule has 0 bridgehead atoms. The van der Waals surface area contributed by atoms with Crippen LogP contribution in [0.5, 0.6) is 11.5 Å². The molecule has 9 heteroatoms. The number of halogens is 2. The van der Waals surface area contributed by atoms with Gasteiger partial charge in [0, 0.05) is 21.4 Å². The summed E-state index contributed by atoms with van der Waals surface area (Å²) in [5.74, 6) is -0.957. The second-order valence-corrected chi connectivity index (χ2v) is 8.50. The Morgan fingerprint density at radius 3 is 2.26 bits per heavy atom. The van der Waals surface area contributed by atoms with Gasteiger partial charge in [-0.3, -0.25) is 9.69 Å². The standard InChI is InChI=1S/C26H22Cl2N2O5/c1-3-35-26(33)22-23(29-18-9-5-16(27)6-10-18)25(32)30(19-11-7-17(28)8-12-19)24(22)15-4-13-20(31)21(14-15)34-2/h4-14,24,29,31H,3H2,1-2H3. The summed E-state index contributed by atoms with van der Waals surface area (Å²) < 4.78 is 10.6. The molecule has 35 heavy (non-hydrogen) atoms. The number of amides is 1. The van der Waals surface area contributed by atoms with Crippen LogP contribution in [0.1, 0.15) is 18.5 Å². The summed E-state index contributed by atoms with van der Waals surface area (Å²) in [6.07, 6.45) is 0. The first kappa shape index (κ1) is 24.4. The topological polar surface area (TPSA) is 88.1 Å². The largest absolute Gasteiger partial charge is 0.504 e. The Bertz CT molecular complexity index is 1290. The van der Waals surface area contributed by atoms with Gasteiger partial charge in [-0.25, -0.2) is 4.79 Å². The van der Waals surface area contributed by atoms with Crippen LogP contribution in [0.15, 0.2) is 78.0 Å². The second-order valence-electron chi connectivity index (χ2n) is 7.63. The lowest BCUT2D eigenvalue weighted by atomic mass is 9.98. The molecule has 0 radical (unpaired) electrons. The number of phenolic OH excluding ortho intramolecular Hbond substituents is 1. The minimum Gasteiger partial charge on any atom is -0.504 e. The van der Waals surface area contributed by atoms with Crippen molar-refractivity contribution in [2.45, 2.75) is 13.0 Å². The zero-order chi connectivity index (χ0) is 25.1. The van der Waals surface area contributed by atoms with E-state index in [-0.39, 0.29) is 29.4 Å². The van der Waals surface area contributed by atoms with Gasteiger partial charge in [-0.2, -0.15) is 0 Å². The summed E-state index contributed by atoms with van der Waals surface area (Å²) in [6.45, 7) is 1.81. The molecule has 1 atom stereocenters. The monoisotopic (exact) mass is 512 g/mol. The van der Waals surface area contributed by atoms with Crippen LogP contribution in [0.3, 0.4) is 0 Å². The molecule has 1 amide bonds. The number of hydrogen-bond donors (Lipinski definition) is 2. The van der Waals surface area contributed by atoms with Gasteiger partial charge < -0.3 is 19.9 Å². The Morgan fingerprint density at radius 2 is 1.66 bits per heavy atom. The summed E-state index contributed by atoms with van der Waals surface area (Å²) in [4.78, 5) is 28.6. The van der Waals surface area contributed by atoms with Gasteiger partial charge in [0.25, 0.3) is 5.91 Å². The fourth-order valence-corrected chi connectivity index (χ4v) is 4.14. The van der Waals surface area contributed by atoms with Crippen molar-refractivity contribution < 1.29 is 24.2 Å². The highest BCUT2D eigenvalue weighted by Crippen LogP contribution is 2.44. The third kappa shape index (κ3) is 4.92. The van der Waals surface area contributed by atoms with Crippen molar-refractivity contribution in [1.82, 2.24) is 0 Å². The highest BCUT2D eigenvalue weighted by Gasteiger charge is 2.45. The normalized spacial score (nSPS) is 15.4. The van der Waals surface area contributed by atoms with E-state index in [1.54, 1.807) is 67.6 Å². The van der Waals surface area contributed by atoms with E-state index >= 15 is 0 Å². The molecular weight excluding hydrogens is 491 g/mol. The lowest BCUT2D eigenvalue weighted by molar-refractivity contribution is -0.138. The van der Waals surface area contributed by atoms with E-state index in [1.165, 1.54) is 18.1 Å². The van der Waals surface area contributed by atoms with E-state index in [2.05, 4.69) is 5.32 Å². The zero-order valence-electron chi connectivity index (χ0n) is 18.9. The van der Waals surface area contributed by atoms with Crippen LogP contribution in [0, 0.1) is 0 Å². The molecule has 0 saturated heterocycles. The molecule has 0 fully saturated rings. The fraction of sp³-hybridized carbons (Fsp3) is 0.154. The summed E-state index contributed by atoms with van der Waals surface area (Å²) in [5, 5.41) is 14.2. The summed E-state index contributed by atoms with van der Waals surface area (Å²) in [6, 6.07) is 17.3. The molecule has 0 aliphatic carbocycles. The van der Waals surface area contributed by atoms with Crippen LogP contribution in [0.4, 0.5) is 11.4 Å². The van der Waals surface area contributed by atoms with E-state index in [9.17, 15) is 14.7 Å². The van der Waals surface area contributed by atoms with E-state index in [1.807, 2.05) is 0 Å². The number of carbonyl (C=O) groups is 2. The second kappa shape index (κ2) is 10.3. The van der Waals surface area contributed by atoms with Crippen molar-refractivity contribution in [2.24, 2.45) is 0 Å². The van der Waals surface area contributed by atoms with Crippen LogP contribution < -0.4 is 15.0 Å². The highest BCUT2D eigenvalue weighted by atomic mass is 35.5. The number of aromatic hydroxyl groups is 1. The summed E-state index contributed by atoms with van der Waals surface area (Å²) >= 11 is 12.1. The number of methoxy groups -OCH3 is 1. The van der Waals surface area contributed by atoms with Gasteiger partial charge in [-0.15, -0.1) is 0 Å². The maximum absolute atomic E-state index is 13.8. The number of anilines is 2. The molecule has 0 spiro atoms. The first-order chi connectivity index (χ1) is 16.8. The van der Waals surface area contributed by atoms with Gasteiger partial charge in [-0.1, -0.05) is 29.3 Å². The minimum absolute atomic E-state index is 0.0674. The Morgan fingerprint density at radius 1 is 1.03 bits per heavy atom. The molecule has 2 N–H and O–H groups in total. The molecule has 0 aromatic heterocycles. The number of carbonyl (C=O) groups excluding carboxylic acids is 2. The smallest absolute Gasteiger partial charge is 0.338 e. The molecule has 3 aromatic carbocycles. The number of nitrogens with zero attached hydrogens (tertiary/aromatic N) is 1. The maximum Gasteiger partial charge on any atom is 0.338 e. The molecule has 180 valence electrons. The minimum atomic E-state index is -0.868. The Balaban J connectivity index is 1.92. The average molecular weight is 513 g/mol. The quantitative estimate of drug-likeness (QED) is 0.393. The van der Waals surface area contributed by atoms with Crippen LogP contribution in [-0.2, 0) is 14.3 Å². The Labute approximate surface area is 212 Å². The summed E-state index contributed by atoms with van der Waals surface area (Å²) in [7, 11) is 1.42. The van der Waals surface area contributed by atoms with E-state index in [4.69, 9.17) is 32.7 Å². The van der Waals surface area contributed by atoms with Crippen molar-refractivity contribution in [1.29, 1.82) is 0 Å². The molecule has 1 unspecified atom stereocenters. The van der Waals surface area contributed by atoms with Crippen LogP contribution in [0.2, 0.25) is 10.0 Å². The average Bonchev–Trinajstić information content (AvgIpc) is 3.13. The molecule has 1 aliphatic heterocycles. The van der Waals surface area contributed by atoms with Gasteiger partial charge in [-0.05, 0) is 73.2 Å². The number of rotatable bonds is 7. The zero-order valence-corrected chi connectivity index (χ0v) is 20.4. The van der Waals surface area contributed by atoms with Gasteiger partial charge in [0.05, 0.1) is 25.3 Å². The van der Waals surface area contributed by atoms with E-state index in [0.717, 1.165) is 0 Å². The molecular formula is C26H22Cl2N2O5. The lowest BCUT2D eigenvalue weighted by Gasteiger charge is -2.27. The van der Waals surface area contributed by atoms with Crippen molar-refractivity contribution in [3.8, 4) is 11.5 Å². The van der Waals surface area contributed by atoms with E-state index < -0.39 is 17.9 Å². The van der Waals surface area contributed by atoms with Crippen LogP contribution >= 0.6 is 23.2 Å². The molecule has 3 aromatic rings. The maximum atomic E-state index is 13.8. The Kier molecular flexibility index (Phi) is 7.19. The predicted octanol–water partition coefficient (Wildman–Crippen LogP) is 5.72. The van der Waals surface area contributed by atoms with Gasteiger partial charge in [0.15, 0.2) is 11.5 Å². The van der Waals surface area contributed by atoms with Gasteiger partial charge in [0.1, 0.15) is 5.70 Å². The van der Waals surface area contributed by atoms with Crippen LogP contribution in [-0.4, -0.2) is 30.7 Å². The number of nitrogens with one attached hydrogen (secondary N) is 1. The lowest BCUT2D eigenvalue weighted by Crippen LogP contribution is -2.31. The number of esters is 1. The molecule has 7 nitrogen and oxygen atoms in total. The van der Waals surface area contributed by atoms with Crippen molar-refractivity contribution in [3.63, 3.8) is 0 Å². The molecule has 4 rings (SSSR count). The van der Waals surface area contributed by atoms with Gasteiger partial charge >= 0.3 is 5.97 Å². The van der Waals surface area contributed by atoms with E-state index in [0.29, 0.717) is 27.0 Å². The fourth-order valence-electron chi connectivity index (χ4n) is 3.89. The third-order valence-corrected chi connectivity index (χ3v) is 5.97. The highest BCUT2D eigenvalue weighted by molar-refractivity contribution is 6.31. The summed E-state index contributed by atoms with van der Waals surface area (Å²) in [5.41, 5.74) is 1.82. The molecule has 1 heterocycles.